The zero-order chi connectivity index (χ0) is 18.8. The van der Waals surface area contributed by atoms with Crippen LogP contribution in [0, 0.1) is 0 Å². The Bertz CT molecular complexity index is 827. The number of benzene rings is 1. The Kier molecular flexibility index (Phi) is 5.03. The van der Waals surface area contributed by atoms with Crippen LogP contribution >= 0.6 is 0 Å². The molecule has 144 valence electrons. The SMILES string of the molecule is COc1cc2c(cc1OC)CN(C(=O)c1ccn(C3CCCNC3)n1)CC2. The first-order valence-corrected chi connectivity index (χ1v) is 9.48. The molecule has 2 aromatic rings. The highest BCUT2D eigenvalue weighted by molar-refractivity contribution is 5.92. The molecule has 1 N–H and O–H groups in total. The number of hydrogen-bond acceptors (Lipinski definition) is 5. The molecule has 7 nitrogen and oxygen atoms in total. The molecular weight excluding hydrogens is 344 g/mol. The predicted octanol–water partition coefficient (Wildman–Crippen LogP) is 2.02. The number of amides is 1. The van der Waals surface area contributed by atoms with Gasteiger partial charge >= 0.3 is 0 Å². The summed E-state index contributed by atoms with van der Waals surface area (Å²) >= 11 is 0. The lowest BCUT2D eigenvalue weighted by Crippen LogP contribution is -2.36. The molecule has 0 bridgehead atoms. The quantitative estimate of drug-likeness (QED) is 0.892. The van der Waals surface area contributed by atoms with E-state index in [0.29, 0.717) is 30.6 Å². The van der Waals surface area contributed by atoms with Gasteiger partial charge in [0.2, 0.25) is 0 Å². The number of fused-ring (bicyclic) bond motifs is 1. The molecule has 0 radical (unpaired) electrons. The fourth-order valence-corrected chi connectivity index (χ4v) is 3.93. The van der Waals surface area contributed by atoms with Crippen LogP contribution in [0.15, 0.2) is 24.4 Å². The maximum absolute atomic E-state index is 13.0. The summed E-state index contributed by atoms with van der Waals surface area (Å²) in [5.74, 6) is 1.41. The van der Waals surface area contributed by atoms with Crippen LogP contribution in [-0.4, -0.2) is 54.4 Å². The number of nitrogens with zero attached hydrogens (tertiary/aromatic N) is 3. The molecule has 27 heavy (non-hydrogen) atoms. The van der Waals surface area contributed by atoms with Crippen molar-refractivity contribution in [3.63, 3.8) is 0 Å². The molecule has 0 saturated carbocycles. The second-order valence-corrected chi connectivity index (χ2v) is 7.13. The molecule has 1 atom stereocenters. The summed E-state index contributed by atoms with van der Waals surface area (Å²) in [4.78, 5) is 14.8. The number of nitrogens with one attached hydrogen (secondary N) is 1. The van der Waals surface area contributed by atoms with Crippen LogP contribution in [-0.2, 0) is 13.0 Å². The van der Waals surface area contributed by atoms with Gasteiger partial charge < -0.3 is 19.7 Å². The minimum absolute atomic E-state index is 0.0158. The van der Waals surface area contributed by atoms with Gasteiger partial charge in [0.25, 0.3) is 5.91 Å². The molecule has 7 heteroatoms. The molecule has 2 aliphatic heterocycles. The first-order valence-electron chi connectivity index (χ1n) is 9.48. The summed E-state index contributed by atoms with van der Waals surface area (Å²) in [7, 11) is 3.27. The first-order chi connectivity index (χ1) is 13.2. The van der Waals surface area contributed by atoms with Gasteiger partial charge in [0.1, 0.15) is 5.69 Å². The first kappa shape index (κ1) is 17.9. The largest absolute Gasteiger partial charge is 0.493 e. The summed E-state index contributed by atoms with van der Waals surface area (Å²) in [6, 6.07) is 6.15. The molecule has 0 aliphatic carbocycles. The fraction of sp³-hybridized carbons (Fsp3) is 0.500. The number of carbonyl (C=O) groups is 1. The zero-order valence-corrected chi connectivity index (χ0v) is 15.9. The van der Waals surface area contributed by atoms with E-state index >= 15 is 0 Å². The minimum atomic E-state index is -0.0158. The average Bonchev–Trinajstić information content (AvgIpc) is 3.22. The van der Waals surface area contributed by atoms with Crippen LogP contribution in [0.25, 0.3) is 0 Å². The topological polar surface area (TPSA) is 68.6 Å². The molecule has 1 aromatic carbocycles. The van der Waals surface area contributed by atoms with E-state index in [2.05, 4.69) is 10.4 Å². The Balaban J connectivity index is 1.50. The van der Waals surface area contributed by atoms with Crippen LogP contribution in [0.2, 0.25) is 0 Å². The average molecular weight is 370 g/mol. The summed E-state index contributed by atoms with van der Waals surface area (Å²) in [5, 5.41) is 7.95. The summed E-state index contributed by atoms with van der Waals surface area (Å²) in [6.07, 6.45) is 4.97. The van der Waals surface area contributed by atoms with Gasteiger partial charge in [-0.1, -0.05) is 0 Å². The van der Waals surface area contributed by atoms with Gasteiger partial charge in [0, 0.05) is 25.8 Å². The van der Waals surface area contributed by atoms with Crippen LogP contribution < -0.4 is 14.8 Å². The van der Waals surface area contributed by atoms with E-state index in [0.717, 1.165) is 43.7 Å². The maximum atomic E-state index is 13.0. The molecule has 0 spiro atoms. The monoisotopic (exact) mass is 370 g/mol. The normalized spacial score (nSPS) is 19.5. The van der Waals surface area contributed by atoms with Crippen molar-refractivity contribution in [2.75, 3.05) is 33.9 Å². The molecule has 1 fully saturated rings. The highest BCUT2D eigenvalue weighted by Gasteiger charge is 2.26. The van der Waals surface area contributed by atoms with Crippen LogP contribution in [0.5, 0.6) is 11.5 Å². The maximum Gasteiger partial charge on any atom is 0.274 e. The smallest absolute Gasteiger partial charge is 0.274 e. The fourth-order valence-electron chi connectivity index (χ4n) is 3.93. The lowest BCUT2D eigenvalue weighted by atomic mass is 9.98. The van der Waals surface area contributed by atoms with Crippen molar-refractivity contribution in [2.24, 2.45) is 0 Å². The Morgan fingerprint density at radius 2 is 2.00 bits per heavy atom. The van der Waals surface area contributed by atoms with E-state index in [1.807, 2.05) is 34.0 Å². The van der Waals surface area contributed by atoms with Gasteiger partial charge in [-0.25, -0.2) is 0 Å². The number of aromatic nitrogens is 2. The van der Waals surface area contributed by atoms with Gasteiger partial charge in [-0.05, 0) is 55.1 Å². The Morgan fingerprint density at radius 1 is 1.22 bits per heavy atom. The Hall–Kier alpha value is -2.54. The second kappa shape index (κ2) is 7.60. The van der Waals surface area contributed by atoms with Crippen molar-refractivity contribution in [2.45, 2.75) is 31.8 Å². The third kappa shape index (κ3) is 3.51. The summed E-state index contributed by atoms with van der Waals surface area (Å²) in [5.41, 5.74) is 2.82. The number of methoxy groups -OCH3 is 2. The lowest BCUT2D eigenvalue weighted by Gasteiger charge is -2.29. The number of piperidine rings is 1. The van der Waals surface area contributed by atoms with Crippen molar-refractivity contribution >= 4 is 5.91 Å². The van der Waals surface area contributed by atoms with Crippen molar-refractivity contribution in [3.05, 3.63) is 41.2 Å². The van der Waals surface area contributed by atoms with E-state index in [1.165, 1.54) is 5.56 Å². The second-order valence-electron chi connectivity index (χ2n) is 7.13. The van der Waals surface area contributed by atoms with E-state index < -0.39 is 0 Å². The number of rotatable bonds is 4. The zero-order valence-electron chi connectivity index (χ0n) is 15.9. The molecule has 1 saturated heterocycles. The molecule has 3 heterocycles. The van der Waals surface area contributed by atoms with E-state index in [4.69, 9.17) is 9.47 Å². The van der Waals surface area contributed by atoms with E-state index in [1.54, 1.807) is 14.2 Å². The Morgan fingerprint density at radius 3 is 2.70 bits per heavy atom. The number of hydrogen-bond donors (Lipinski definition) is 1. The summed E-state index contributed by atoms with van der Waals surface area (Å²) < 4.78 is 12.7. The van der Waals surface area contributed by atoms with Crippen molar-refractivity contribution in [1.29, 1.82) is 0 Å². The van der Waals surface area contributed by atoms with Gasteiger partial charge in [-0.15, -0.1) is 0 Å². The molecule has 1 amide bonds. The minimum Gasteiger partial charge on any atom is -0.493 e. The van der Waals surface area contributed by atoms with Crippen molar-refractivity contribution in [3.8, 4) is 11.5 Å². The van der Waals surface area contributed by atoms with Crippen LogP contribution in [0.4, 0.5) is 0 Å². The van der Waals surface area contributed by atoms with Crippen molar-refractivity contribution < 1.29 is 14.3 Å². The van der Waals surface area contributed by atoms with Gasteiger partial charge in [-0.2, -0.15) is 5.10 Å². The number of carbonyl (C=O) groups excluding carboxylic acids is 1. The third-order valence-electron chi connectivity index (χ3n) is 5.48. The Labute approximate surface area is 159 Å². The van der Waals surface area contributed by atoms with Gasteiger partial charge in [0.05, 0.1) is 20.3 Å². The predicted molar refractivity (Wildman–Crippen MR) is 101 cm³/mol. The van der Waals surface area contributed by atoms with Crippen LogP contribution in [0.3, 0.4) is 0 Å². The molecule has 2 aliphatic rings. The summed E-state index contributed by atoms with van der Waals surface area (Å²) in [6.45, 7) is 3.21. The standard InChI is InChI=1S/C20H26N4O3/c1-26-18-10-14-5-8-23(13-15(14)11-19(18)27-2)20(25)17-6-9-24(22-17)16-4-3-7-21-12-16/h6,9-11,16,21H,3-5,7-8,12-13H2,1-2H3. The third-order valence-corrected chi connectivity index (χ3v) is 5.48. The van der Waals surface area contributed by atoms with Gasteiger partial charge in [-0.3, -0.25) is 9.48 Å². The van der Waals surface area contributed by atoms with E-state index in [-0.39, 0.29) is 5.91 Å². The van der Waals surface area contributed by atoms with Gasteiger partial charge in [0.15, 0.2) is 11.5 Å². The molecule has 1 unspecified atom stereocenters. The molecule has 4 rings (SSSR count). The van der Waals surface area contributed by atoms with Crippen LogP contribution in [0.1, 0.15) is 40.5 Å². The number of ether oxygens (including phenoxy) is 2. The highest BCUT2D eigenvalue weighted by Crippen LogP contribution is 2.33. The highest BCUT2D eigenvalue weighted by atomic mass is 16.5. The van der Waals surface area contributed by atoms with E-state index in [9.17, 15) is 4.79 Å². The molecular formula is C20H26N4O3. The lowest BCUT2D eigenvalue weighted by molar-refractivity contribution is 0.0727. The van der Waals surface area contributed by atoms with Crippen molar-refractivity contribution in [1.82, 2.24) is 20.0 Å². The molecule has 1 aromatic heterocycles.